The molecule has 2 saturated heterocycles. The molecule has 1 aromatic carbocycles. The zero-order chi connectivity index (χ0) is 30.1. The maximum absolute atomic E-state index is 14.7. The highest BCUT2D eigenvalue weighted by Gasteiger charge is 2.43. The van der Waals surface area contributed by atoms with E-state index in [-0.39, 0.29) is 19.0 Å². The van der Waals surface area contributed by atoms with E-state index in [1.165, 1.54) is 17.0 Å². The molecule has 0 bridgehead atoms. The van der Waals surface area contributed by atoms with E-state index < -0.39 is 35.4 Å². The number of urea groups is 1. The van der Waals surface area contributed by atoms with E-state index in [0.29, 0.717) is 54.6 Å². The van der Waals surface area contributed by atoms with E-state index in [1.54, 1.807) is 18.7 Å². The standard InChI is InChI=1S/C29H31F3N8O3/c1-18-25(19-10-33-27(34-11-19)29(32)16-43-17-29)37-40(20-6-4-3-5-7-20)26(18)36-28(41)35-23-14-38(8-9-42-2)15-24(23)39-12-21(30)22(31)13-39/h3-7,10-13,23-24H,8-9,14-17H2,1-2H3,(H2,35,36,41). The lowest BCUT2D eigenvalue weighted by atomic mass is 10.0. The molecule has 5 heterocycles. The molecule has 2 unspecified atom stereocenters. The van der Waals surface area contributed by atoms with Crippen molar-refractivity contribution in [1.29, 1.82) is 0 Å². The maximum Gasteiger partial charge on any atom is 0.320 e. The molecule has 14 heteroatoms. The number of alkyl halides is 1. The van der Waals surface area contributed by atoms with Crippen LogP contribution in [0.1, 0.15) is 17.4 Å². The lowest BCUT2D eigenvalue weighted by Gasteiger charge is -2.31. The van der Waals surface area contributed by atoms with E-state index in [0.717, 1.165) is 12.4 Å². The number of carbonyl (C=O) groups is 1. The minimum Gasteiger partial charge on any atom is -0.383 e. The van der Waals surface area contributed by atoms with Gasteiger partial charge in [-0.1, -0.05) is 18.2 Å². The number of hydrogen-bond donors (Lipinski definition) is 2. The van der Waals surface area contributed by atoms with Gasteiger partial charge in [-0.3, -0.25) is 10.2 Å². The van der Waals surface area contributed by atoms with Crippen molar-refractivity contribution in [3.05, 3.63) is 78.1 Å². The summed E-state index contributed by atoms with van der Waals surface area (Å²) in [4.78, 5) is 24.0. The van der Waals surface area contributed by atoms with Gasteiger partial charge >= 0.3 is 6.03 Å². The molecular weight excluding hydrogens is 565 g/mol. The predicted octanol–water partition coefficient (Wildman–Crippen LogP) is 3.61. The molecule has 2 amide bonds. The molecule has 0 saturated carbocycles. The Labute approximate surface area is 245 Å². The third kappa shape index (κ3) is 5.72. The summed E-state index contributed by atoms with van der Waals surface area (Å²) in [5.41, 5.74) is 0.686. The van der Waals surface area contributed by atoms with Gasteiger partial charge in [0.25, 0.3) is 0 Å². The van der Waals surface area contributed by atoms with Gasteiger partial charge in [-0.05, 0) is 19.1 Å². The van der Waals surface area contributed by atoms with Crippen molar-refractivity contribution in [1.82, 2.24) is 34.5 Å². The zero-order valence-corrected chi connectivity index (χ0v) is 23.6. The Balaban J connectivity index is 1.27. The topological polar surface area (TPSA) is 111 Å². The third-order valence-electron chi connectivity index (χ3n) is 7.77. The van der Waals surface area contributed by atoms with Crippen molar-refractivity contribution in [3.63, 3.8) is 0 Å². The SMILES string of the molecule is COCCN1CC(NC(=O)Nc2c(C)c(-c3cnc(C4(F)COC4)nc3)nn2-c2ccccc2)C(n2cc(F)c(F)c2)C1. The first-order valence-corrected chi connectivity index (χ1v) is 13.8. The van der Waals surface area contributed by atoms with E-state index in [1.807, 2.05) is 30.3 Å². The fraction of sp³-hybridized carbons (Fsp3) is 0.379. The fourth-order valence-electron chi connectivity index (χ4n) is 5.40. The van der Waals surface area contributed by atoms with Crippen molar-refractivity contribution in [3.8, 4) is 16.9 Å². The normalized spacial score (nSPS) is 19.7. The summed E-state index contributed by atoms with van der Waals surface area (Å²) in [5.74, 6) is -1.45. The summed E-state index contributed by atoms with van der Waals surface area (Å²) in [6.07, 6.45) is 5.21. The van der Waals surface area contributed by atoms with Crippen LogP contribution in [0.5, 0.6) is 0 Å². The first-order chi connectivity index (χ1) is 20.8. The number of para-hydroxylation sites is 1. The molecule has 43 heavy (non-hydrogen) atoms. The molecule has 2 fully saturated rings. The van der Waals surface area contributed by atoms with Gasteiger partial charge in [0, 0.05) is 62.7 Å². The molecular formula is C29H31F3N8O3. The third-order valence-corrected chi connectivity index (χ3v) is 7.77. The van der Waals surface area contributed by atoms with Gasteiger partial charge in [-0.15, -0.1) is 0 Å². The van der Waals surface area contributed by atoms with Crippen LogP contribution in [0, 0.1) is 18.6 Å². The van der Waals surface area contributed by atoms with E-state index in [9.17, 15) is 18.0 Å². The Morgan fingerprint density at radius 1 is 1.12 bits per heavy atom. The molecule has 2 aliphatic rings. The molecule has 3 aromatic heterocycles. The average molecular weight is 597 g/mol. The number of carbonyl (C=O) groups excluding carboxylic acids is 1. The van der Waals surface area contributed by atoms with Gasteiger partial charge in [0.05, 0.1) is 37.6 Å². The number of halogens is 3. The second-order valence-corrected chi connectivity index (χ2v) is 10.7. The van der Waals surface area contributed by atoms with Crippen molar-refractivity contribution < 1.29 is 27.4 Å². The minimum atomic E-state index is -1.70. The minimum absolute atomic E-state index is 0.0495. The van der Waals surface area contributed by atoms with Gasteiger partial charge in [-0.2, -0.15) is 5.10 Å². The first-order valence-electron chi connectivity index (χ1n) is 13.8. The quantitative estimate of drug-likeness (QED) is 0.304. The molecule has 226 valence electrons. The van der Waals surface area contributed by atoms with Gasteiger partial charge in [0.2, 0.25) is 5.67 Å². The number of rotatable bonds is 9. The van der Waals surface area contributed by atoms with E-state index >= 15 is 0 Å². The van der Waals surface area contributed by atoms with E-state index in [4.69, 9.17) is 14.6 Å². The number of methoxy groups -OCH3 is 1. The number of nitrogens with zero attached hydrogens (tertiary/aromatic N) is 6. The van der Waals surface area contributed by atoms with Gasteiger partial charge in [-0.25, -0.2) is 32.6 Å². The Morgan fingerprint density at radius 2 is 1.81 bits per heavy atom. The first kappa shape index (κ1) is 28.8. The molecule has 2 aliphatic heterocycles. The second kappa shape index (κ2) is 11.8. The average Bonchev–Trinajstić information content (AvgIpc) is 3.66. The van der Waals surface area contributed by atoms with Crippen molar-refractivity contribution in [2.75, 3.05) is 51.9 Å². The largest absolute Gasteiger partial charge is 0.383 e. The van der Waals surface area contributed by atoms with Crippen LogP contribution in [0.2, 0.25) is 0 Å². The highest BCUT2D eigenvalue weighted by Crippen LogP contribution is 2.34. The Hall–Kier alpha value is -4.27. The Kier molecular flexibility index (Phi) is 7.90. The molecule has 4 aromatic rings. The molecule has 0 aliphatic carbocycles. The van der Waals surface area contributed by atoms with Gasteiger partial charge in [0.1, 0.15) is 11.5 Å². The highest BCUT2D eigenvalue weighted by atomic mass is 19.2. The van der Waals surface area contributed by atoms with Crippen LogP contribution in [0.15, 0.2) is 55.1 Å². The summed E-state index contributed by atoms with van der Waals surface area (Å²) < 4.78 is 55.7. The molecule has 11 nitrogen and oxygen atoms in total. The number of likely N-dealkylation sites (tertiary alicyclic amines) is 1. The Bertz CT molecular complexity index is 1570. The van der Waals surface area contributed by atoms with Crippen molar-refractivity contribution in [2.24, 2.45) is 0 Å². The number of ether oxygens (including phenoxy) is 2. The number of nitrogens with one attached hydrogen (secondary N) is 2. The molecule has 2 N–H and O–H groups in total. The van der Waals surface area contributed by atoms with Gasteiger partial charge < -0.3 is 19.4 Å². The number of amides is 2. The molecule has 0 radical (unpaired) electrons. The zero-order valence-electron chi connectivity index (χ0n) is 23.6. The van der Waals surface area contributed by atoms with Crippen LogP contribution >= 0.6 is 0 Å². The highest BCUT2D eigenvalue weighted by molar-refractivity contribution is 5.91. The smallest absolute Gasteiger partial charge is 0.320 e. The molecule has 0 spiro atoms. The van der Waals surface area contributed by atoms with E-state index in [2.05, 4.69) is 25.5 Å². The second-order valence-electron chi connectivity index (χ2n) is 10.7. The fourth-order valence-corrected chi connectivity index (χ4v) is 5.40. The summed E-state index contributed by atoms with van der Waals surface area (Å²) in [6.45, 7) is 3.63. The number of benzene rings is 1. The lowest BCUT2D eigenvalue weighted by Crippen LogP contribution is -2.43. The molecule has 6 rings (SSSR count). The van der Waals surface area contributed by atoms with Crippen LogP contribution in [0.25, 0.3) is 16.9 Å². The van der Waals surface area contributed by atoms with Crippen molar-refractivity contribution in [2.45, 2.75) is 24.7 Å². The Morgan fingerprint density at radius 3 is 2.44 bits per heavy atom. The number of hydrogen-bond acceptors (Lipinski definition) is 7. The van der Waals surface area contributed by atoms with Crippen LogP contribution in [-0.4, -0.2) is 87.9 Å². The van der Waals surface area contributed by atoms with Crippen LogP contribution in [-0.2, 0) is 15.1 Å². The number of aromatic nitrogens is 5. The summed E-state index contributed by atoms with van der Waals surface area (Å²) >= 11 is 0. The lowest BCUT2D eigenvalue weighted by molar-refractivity contribution is -0.140. The van der Waals surface area contributed by atoms with Crippen LogP contribution < -0.4 is 10.6 Å². The maximum atomic E-state index is 14.7. The summed E-state index contributed by atoms with van der Waals surface area (Å²) in [5, 5.41) is 10.7. The summed E-state index contributed by atoms with van der Waals surface area (Å²) in [7, 11) is 1.60. The van der Waals surface area contributed by atoms with Crippen molar-refractivity contribution >= 4 is 11.8 Å². The number of anilines is 1. The predicted molar refractivity (Wildman–Crippen MR) is 151 cm³/mol. The molecule has 2 atom stereocenters. The van der Waals surface area contributed by atoms with Gasteiger partial charge in [0.15, 0.2) is 17.5 Å². The van der Waals surface area contributed by atoms with Crippen LogP contribution in [0.4, 0.5) is 23.8 Å². The van der Waals surface area contributed by atoms with Crippen LogP contribution in [0.3, 0.4) is 0 Å². The monoisotopic (exact) mass is 596 g/mol. The summed E-state index contributed by atoms with van der Waals surface area (Å²) in [6, 6.07) is 7.88.